The molecular weight excluding hydrogens is 452 g/mol. The lowest BCUT2D eigenvalue weighted by Gasteiger charge is -2.14. The lowest BCUT2D eigenvalue weighted by Crippen LogP contribution is -2.28. The van der Waals surface area contributed by atoms with Gasteiger partial charge in [0.05, 0.1) is 24.7 Å². The average molecular weight is 477 g/mol. The second-order valence-electron chi connectivity index (χ2n) is 7.99. The first-order chi connectivity index (χ1) is 16.1. The maximum atomic E-state index is 12.8. The third-order valence-corrected chi connectivity index (χ3v) is 4.40. The van der Waals surface area contributed by atoms with Crippen LogP contribution in [0.2, 0.25) is 0 Å². The molecule has 0 fully saturated rings. The number of nitrogens with two attached hydrogens (primary N) is 1. The largest absolute Gasteiger partial charge is 0.453 e. The molecule has 0 aromatic carbocycles. The van der Waals surface area contributed by atoms with Gasteiger partial charge >= 0.3 is 12.7 Å². The molecule has 0 aliphatic rings. The monoisotopic (exact) mass is 477 g/mol. The summed E-state index contributed by atoms with van der Waals surface area (Å²) in [5.41, 5.74) is 6.69. The van der Waals surface area contributed by atoms with Crippen LogP contribution in [0.1, 0.15) is 26.6 Å². The summed E-state index contributed by atoms with van der Waals surface area (Å²) in [6, 6.07) is 1.66. The van der Waals surface area contributed by atoms with Crippen LogP contribution >= 0.6 is 0 Å². The van der Waals surface area contributed by atoms with E-state index in [1.54, 1.807) is 12.3 Å². The number of halogens is 2. The minimum absolute atomic E-state index is 0.169. The first-order valence-corrected chi connectivity index (χ1v) is 10.2. The quantitative estimate of drug-likeness (QED) is 0.354. The molecule has 0 aliphatic carbocycles. The Morgan fingerprint density at radius 3 is 2.62 bits per heavy atom. The van der Waals surface area contributed by atoms with Crippen LogP contribution < -0.4 is 21.1 Å². The minimum Gasteiger partial charge on any atom is -0.453 e. The predicted octanol–water partition coefficient (Wildman–Crippen LogP) is 2.57. The Morgan fingerprint density at radius 2 is 1.94 bits per heavy atom. The number of aromatic amines is 1. The van der Waals surface area contributed by atoms with Crippen molar-refractivity contribution in [3.05, 3.63) is 24.3 Å². The number of carbonyl (C=O) groups excluding carboxylic acids is 1. The number of aromatic nitrogens is 6. The molecule has 12 nitrogen and oxygen atoms in total. The summed E-state index contributed by atoms with van der Waals surface area (Å²) in [4.78, 5) is 35.7. The number of nitrogens with one attached hydrogen (secondary N) is 3. The van der Waals surface area contributed by atoms with Gasteiger partial charge in [0.1, 0.15) is 17.2 Å². The fourth-order valence-electron chi connectivity index (χ4n) is 2.76. The van der Waals surface area contributed by atoms with Crippen LogP contribution in [0.3, 0.4) is 0 Å². The fraction of sp³-hybridized carbons (Fsp3) is 0.400. The Labute approximate surface area is 193 Å². The number of nitrogen functional groups attached to an aromatic ring is 1. The van der Waals surface area contributed by atoms with Crippen molar-refractivity contribution in [3.63, 3.8) is 0 Å². The molecule has 3 aromatic rings. The molecule has 0 bridgehead atoms. The predicted molar refractivity (Wildman–Crippen MR) is 119 cm³/mol. The van der Waals surface area contributed by atoms with Gasteiger partial charge in [-0.05, 0) is 6.07 Å². The van der Waals surface area contributed by atoms with Crippen molar-refractivity contribution in [1.82, 2.24) is 35.2 Å². The van der Waals surface area contributed by atoms with E-state index in [9.17, 15) is 13.6 Å². The van der Waals surface area contributed by atoms with E-state index in [-0.39, 0.29) is 23.5 Å². The van der Waals surface area contributed by atoms with Gasteiger partial charge in [-0.15, -0.1) is 0 Å². The van der Waals surface area contributed by atoms with Crippen LogP contribution in [0.4, 0.5) is 25.3 Å². The Hall–Kier alpha value is -4.10. The minimum atomic E-state index is -3.11. The zero-order chi connectivity index (χ0) is 24.9. The van der Waals surface area contributed by atoms with Gasteiger partial charge in [-0.2, -0.15) is 8.78 Å². The van der Waals surface area contributed by atoms with Gasteiger partial charge in [-0.3, -0.25) is 0 Å². The number of amides is 1. The Balaban J connectivity index is 1.96. The molecule has 0 saturated heterocycles. The molecule has 0 saturated carbocycles. The molecule has 0 spiro atoms. The third-order valence-electron chi connectivity index (χ3n) is 4.40. The van der Waals surface area contributed by atoms with Gasteiger partial charge in [0, 0.05) is 24.7 Å². The highest BCUT2D eigenvalue weighted by Gasteiger charge is 2.25. The Kier molecular flexibility index (Phi) is 7.38. The second kappa shape index (κ2) is 10.2. The smallest absolute Gasteiger partial charge is 0.406 e. The Bertz CT molecular complexity index is 1150. The number of hydrogen-bond donors (Lipinski definition) is 4. The molecule has 14 heteroatoms. The van der Waals surface area contributed by atoms with Crippen molar-refractivity contribution in [2.45, 2.75) is 32.8 Å². The molecule has 0 atom stereocenters. The van der Waals surface area contributed by atoms with Crippen LogP contribution in [-0.2, 0) is 10.2 Å². The van der Waals surface area contributed by atoms with Crippen LogP contribution in [0, 0.1) is 0 Å². The summed E-state index contributed by atoms with van der Waals surface area (Å²) >= 11 is 0. The van der Waals surface area contributed by atoms with Crippen molar-refractivity contribution in [2.75, 3.05) is 31.2 Å². The van der Waals surface area contributed by atoms with Gasteiger partial charge in [-0.1, -0.05) is 20.8 Å². The second-order valence-corrected chi connectivity index (χ2v) is 7.99. The number of H-pyrrole nitrogens is 1. The van der Waals surface area contributed by atoms with Crippen LogP contribution in [0.5, 0.6) is 5.88 Å². The van der Waals surface area contributed by atoms with Crippen LogP contribution in [-0.4, -0.2) is 62.8 Å². The zero-order valence-corrected chi connectivity index (χ0v) is 19.0. The van der Waals surface area contributed by atoms with Crippen LogP contribution in [0.25, 0.3) is 22.8 Å². The highest BCUT2D eigenvalue weighted by atomic mass is 19.3. The van der Waals surface area contributed by atoms with E-state index in [2.05, 4.69) is 50.0 Å². The fourth-order valence-corrected chi connectivity index (χ4v) is 2.76. The number of imidazole rings is 1. The normalized spacial score (nSPS) is 11.4. The molecule has 34 heavy (non-hydrogen) atoms. The van der Waals surface area contributed by atoms with Crippen molar-refractivity contribution in [1.29, 1.82) is 0 Å². The van der Waals surface area contributed by atoms with Crippen molar-refractivity contribution < 1.29 is 23.0 Å². The van der Waals surface area contributed by atoms with E-state index in [0.717, 1.165) is 0 Å². The van der Waals surface area contributed by atoms with E-state index >= 15 is 0 Å². The number of rotatable bonds is 8. The lowest BCUT2D eigenvalue weighted by atomic mass is 9.96. The summed E-state index contributed by atoms with van der Waals surface area (Å²) in [5.74, 6) is 0.142. The molecule has 0 aliphatic heterocycles. The summed E-state index contributed by atoms with van der Waals surface area (Å²) < 4.78 is 34.4. The molecule has 1 amide bonds. The highest BCUT2D eigenvalue weighted by Crippen LogP contribution is 2.33. The van der Waals surface area contributed by atoms with Crippen LogP contribution in [0.15, 0.2) is 18.5 Å². The summed E-state index contributed by atoms with van der Waals surface area (Å²) in [6.07, 6.45) is 2.31. The maximum Gasteiger partial charge on any atom is 0.406 e. The first-order valence-electron chi connectivity index (χ1n) is 10.2. The zero-order valence-electron chi connectivity index (χ0n) is 19.0. The van der Waals surface area contributed by atoms with E-state index in [1.807, 2.05) is 20.8 Å². The van der Waals surface area contributed by atoms with E-state index in [4.69, 9.17) is 5.73 Å². The molecule has 3 heterocycles. The van der Waals surface area contributed by atoms with E-state index < -0.39 is 18.6 Å². The molecule has 182 valence electrons. The Morgan fingerprint density at radius 1 is 1.18 bits per heavy atom. The number of ether oxygens (including phenoxy) is 2. The van der Waals surface area contributed by atoms with Gasteiger partial charge in [-0.25, -0.2) is 29.7 Å². The molecule has 5 N–H and O–H groups in total. The summed E-state index contributed by atoms with van der Waals surface area (Å²) in [7, 11) is 1.28. The molecular formula is C20H25F2N9O3. The number of hydrogen-bond acceptors (Lipinski definition) is 10. The number of carbonyl (C=O) groups is 1. The van der Waals surface area contributed by atoms with Gasteiger partial charge in [0.2, 0.25) is 5.95 Å². The first kappa shape index (κ1) is 24.5. The maximum absolute atomic E-state index is 12.8. The van der Waals surface area contributed by atoms with Crippen molar-refractivity contribution in [3.8, 4) is 28.7 Å². The van der Waals surface area contributed by atoms with Crippen molar-refractivity contribution >= 4 is 17.9 Å². The van der Waals surface area contributed by atoms with Crippen molar-refractivity contribution in [2.24, 2.45) is 0 Å². The molecule has 0 radical (unpaired) electrons. The SMILES string of the molecule is COC(=O)NCCNc1nccc(-c2[nH]c(C(C)(C)C)nc2-c2cnc(N)c(OC(F)F)n2)n1. The molecule has 3 rings (SSSR count). The van der Waals surface area contributed by atoms with Gasteiger partial charge in [0.15, 0.2) is 5.82 Å². The third kappa shape index (κ3) is 6.02. The average Bonchev–Trinajstić information content (AvgIpc) is 3.24. The summed E-state index contributed by atoms with van der Waals surface area (Å²) in [6.45, 7) is 3.40. The topological polar surface area (TPSA) is 166 Å². The number of anilines is 2. The molecule has 0 unspecified atom stereocenters. The number of methoxy groups -OCH3 is 1. The van der Waals surface area contributed by atoms with E-state index in [1.165, 1.54) is 13.3 Å². The lowest BCUT2D eigenvalue weighted by molar-refractivity contribution is -0.0524. The van der Waals surface area contributed by atoms with Gasteiger partial charge < -0.3 is 30.8 Å². The standard InChI is InChI=1S/C20H25F2N9O3/c1-20(2,3)16-30-12(10-5-6-24-18(29-10)25-7-8-26-19(32)33-4)13(31-16)11-9-27-14(23)15(28-11)34-17(21)22/h5-6,9,17H,7-8H2,1-4H3,(H2,23,27)(H,26,32)(H,30,31)(H,24,25,29). The van der Waals surface area contributed by atoms with E-state index in [0.29, 0.717) is 35.4 Å². The summed E-state index contributed by atoms with van der Waals surface area (Å²) in [5, 5.41) is 5.53. The number of alkyl carbamates (subject to hydrolysis) is 1. The van der Waals surface area contributed by atoms with Gasteiger partial charge in [0.25, 0.3) is 5.88 Å². The number of alkyl halides is 2. The molecule has 3 aromatic heterocycles. The number of nitrogens with zero attached hydrogens (tertiary/aromatic N) is 5. The highest BCUT2D eigenvalue weighted by molar-refractivity contribution is 5.75.